The summed E-state index contributed by atoms with van der Waals surface area (Å²) in [5, 5.41) is 0. The molecule has 2 atom stereocenters. The summed E-state index contributed by atoms with van der Waals surface area (Å²) in [5.41, 5.74) is 2.94. The van der Waals surface area contributed by atoms with Crippen LogP contribution in [0.4, 0.5) is 0 Å². The van der Waals surface area contributed by atoms with Crippen LogP contribution in [-0.2, 0) is 17.8 Å². The second-order valence-electron chi connectivity index (χ2n) is 6.30. The monoisotopic (exact) mass is 257 g/mol. The van der Waals surface area contributed by atoms with Crippen molar-refractivity contribution in [3.05, 3.63) is 35.4 Å². The Hall–Kier alpha value is -1.15. The maximum Gasteiger partial charge on any atom is 0.137 e. The molecular weight excluding hydrogens is 234 g/mol. The Bertz CT molecular complexity index is 468. The van der Waals surface area contributed by atoms with Gasteiger partial charge in [0.15, 0.2) is 0 Å². The summed E-state index contributed by atoms with van der Waals surface area (Å²) in [7, 11) is 0. The number of hydrogen-bond donors (Lipinski definition) is 0. The first kappa shape index (κ1) is 12.9. The standard InChI is InChI=1S/C17H23NO/c1-13-6-7-17(19)16(10-13)12-18-9-8-14-4-2-3-5-15(14)11-18/h2-5,13,16H,6-12H2,1H3. The summed E-state index contributed by atoms with van der Waals surface area (Å²) in [6.45, 7) is 5.38. The second kappa shape index (κ2) is 5.46. The molecule has 0 aromatic heterocycles. The Morgan fingerprint density at radius 2 is 2.00 bits per heavy atom. The molecule has 0 bridgehead atoms. The molecule has 0 N–H and O–H groups in total. The average molecular weight is 257 g/mol. The molecule has 102 valence electrons. The van der Waals surface area contributed by atoms with Crippen LogP contribution in [0.3, 0.4) is 0 Å². The van der Waals surface area contributed by atoms with Crippen molar-refractivity contribution in [3.8, 4) is 0 Å². The Morgan fingerprint density at radius 3 is 2.84 bits per heavy atom. The van der Waals surface area contributed by atoms with Gasteiger partial charge >= 0.3 is 0 Å². The van der Waals surface area contributed by atoms with E-state index >= 15 is 0 Å². The van der Waals surface area contributed by atoms with E-state index in [4.69, 9.17) is 0 Å². The highest BCUT2D eigenvalue weighted by atomic mass is 16.1. The van der Waals surface area contributed by atoms with Gasteiger partial charge in [0.2, 0.25) is 0 Å². The van der Waals surface area contributed by atoms with Crippen LogP contribution in [0.15, 0.2) is 24.3 Å². The minimum atomic E-state index is 0.286. The third kappa shape index (κ3) is 2.89. The first-order valence-electron chi connectivity index (χ1n) is 7.54. The first-order chi connectivity index (χ1) is 9.22. The normalized spacial score (nSPS) is 28.2. The summed E-state index contributed by atoms with van der Waals surface area (Å²) in [6.07, 6.45) is 4.12. The summed E-state index contributed by atoms with van der Waals surface area (Å²) in [4.78, 5) is 14.5. The highest BCUT2D eigenvalue weighted by Crippen LogP contribution is 2.28. The molecule has 2 nitrogen and oxygen atoms in total. The lowest BCUT2D eigenvalue weighted by molar-refractivity contribution is -0.126. The van der Waals surface area contributed by atoms with Gasteiger partial charge in [0.1, 0.15) is 5.78 Å². The fourth-order valence-electron chi connectivity index (χ4n) is 3.53. The Kier molecular flexibility index (Phi) is 3.69. The van der Waals surface area contributed by atoms with E-state index in [1.807, 2.05) is 0 Å². The summed E-state index contributed by atoms with van der Waals surface area (Å²) >= 11 is 0. The number of hydrogen-bond acceptors (Lipinski definition) is 2. The SMILES string of the molecule is CC1CCC(=O)C(CN2CCc3ccccc3C2)C1. The Balaban J connectivity index is 1.64. The molecule has 2 unspecified atom stereocenters. The van der Waals surface area contributed by atoms with Gasteiger partial charge in [0.05, 0.1) is 0 Å². The Labute approximate surface area is 115 Å². The van der Waals surface area contributed by atoms with Crippen LogP contribution in [0.25, 0.3) is 0 Å². The van der Waals surface area contributed by atoms with Crippen molar-refractivity contribution in [2.24, 2.45) is 11.8 Å². The highest BCUT2D eigenvalue weighted by molar-refractivity contribution is 5.81. The van der Waals surface area contributed by atoms with Gasteiger partial charge in [0, 0.05) is 32.0 Å². The third-order valence-electron chi connectivity index (χ3n) is 4.71. The minimum Gasteiger partial charge on any atom is -0.299 e. The van der Waals surface area contributed by atoms with E-state index in [1.54, 1.807) is 0 Å². The van der Waals surface area contributed by atoms with Gasteiger partial charge in [-0.05, 0) is 36.3 Å². The van der Waals surface area contributed by atoms with Gasteiger partial charge in [-0.2, -0.15) is 0 Å². The molecule has 1 saturated carbocycles. The topological polar surface area (TPSA) is 20.3 Å². The van der Waals surface area contributed by atoms with Crippen molar-refractivity contribution in [2.75, 3.05) is 13.1 Å². The molecule has 0 radical (unpaired) electrons. The van der Waals surface area contributed by atoms with Gasteiger partial charge in [0.25, 0.3) is 0 Å². The van der Waals surface area contributed by atoms with Crippen LogP contribution in [0, 0.1) is 11.8 Å². The zero-order valence-electron chi connectivity index (χ0n) is 11.8. The smallest absolute Gasteiger partial charge is 0.137 e. The van der Waals surface area contributed by atoms with Crippen molar-refractivity contribution in [1.82, 2.24) is 4.90 Å². The molecule has 0 spiro atoms. The molecule has 1 heterocycles. The van der Waals surface area contributed by atoms with Crippen LogP contribution in [0.1, 0.15) is 37.3 Å². The van der Waals surface area contributed by atoms with Crippen molar-refractivity contribution in [2.45, 2.75) is 39.2 Å². The fourth-order valence-corrected chi connectivity index (χ4v) is 3.53. The summed E-state index contributed by atoms with van der Waals surface area (Å²) in [5.74, 6) is 1.51. The maximum atomic E-state index is 12.0. The lowest BCUT2D eigenvalue weighted by atomic mass is 9.81. The number of carbonyl (C=O) groups is 1. The lowest BCUT2D eigenvalue weighted by Crippen LogP contribution is -2.39. The van der Waals surface area contributed by atoms with E-state index in [-0.39, 0.29) is 5.92 Å². The molecule has 0 saturated heterocycles. The Morgan fingerprint density at radius 1 is 1.21 bits per heavy atom. The molecule has 0 amide bonds. The van der Waals surface area contributed by atoms with Crippen molar-refractivity contribution >= 4 is 5.78 Å². The average Bonchev–Trinajstić information content (AvgIpc) is 2.43. The molecule has 3 rings (SSSR count). The van der Waals surface area contributed by atoms with Crippen LogP contribution >= 0.6 is 0 Å². The molecule has 1 fully saturated rings. The number of rotatable bonds is 2. The molecule has 1 aromatic rings. The van der Waals surface area contributed by atoms with Crippen LogP contribution in [0.5, 0.6) is 0 Å². The number of fused-ring (bicyclic) bond motifs is 1. The largest absolute Gasteiger partial charge is 0.299 e. The van der Waals surface area contributed by atoms with Crippen molar-refractivity contribution in [1.29, 1.82) is 0 Å². The predicted molar refractivity (Wildman–Crippen MR) is 76.9 cm³/mol. The zero-order valence-corrected chi connectivity index (χ0v) is 11.8. The number of ketones is 1. The van der Waals surface area contributed by atoms with E-state index in [9.17, 15) is 4.79 Å². The van der Waals surface area contributed by atoms with Gasteiger partial charge in [-0.15, -0.1) is 0 Å². The lowest BCUT2D eigenvalue weighted by Gasteiger charge is -2.34. The van der Waals surface area contributed by atoms with Crippen LogP contribution in [0.2, 0.25) is 0 Å². The molecule has 2 heteroatoms. The summed E-state index contributed by atoms with van der Waals surface area (Å²) < 4.78 is 0. The third-order valence-corrected chi connectivity index (χ3v) is 4.71. The van der Waals surface area contributed by atoms with Crippen LogP contribution in [-0.4, -0.2) is 23.8 Å². The maximum absolute atomic E-state index is 12.0. The predicted octanol–water partition coefficient (Wildman–Crippen LogP) is 3.05. The van der Waals surface area contributed by atoms with Crippen molar-refractivity contribution in [3.63, 3.8) is 0 Å². The molecule has 1 aliphatic carbocycles. The van der Waals surface area contributed by atoms with E-state index in [2.05, 4.69) is 36.1 Å². The zero-order chi connectivity index (χ0) is 13.2. The van der Waals surface area contributed by atoms with E-state index in [0.29, 0.717) is 5.78 Å². The number of benzene rings is 1. The quantitative estimate of drug-likeness (QED) is 0.811. The number of Topliss-reactive ketones (excluding diaryl/α,β-unsaturated/α-hetero) is 1. The first-order valence-corrected chi connectivity index (χ1v) is 7.54. The van der Waals surface area contributed by atoms with E-state index in [1.165, 1.54) is 11.1 Å². The van der Waals surface area contributed by atoms with Gasteiger partial charge in [-0.3, -0.25) is 9.69 Å². The van der Waals surface area contributed by atoms with E-state index in [0.717, 1.165) is 51.2 Å². The summed E-state index contributed by atoms with van der Waals surface area (Å²) in [6, 6.07) is 8.71. The molecule has 1 aliphatic heterocycles. The number of carbonyl (C=O) groups excluding carboxylic acids is 1. The van der Waals surface area contributed by atoms with Crippen LogP contribution < -0.4 is 0 Å². The molecular formula is C17H23NO. The van der Waals surface area contributed by atoms with E-state index < -0.39 is 0 Å². The fraction of sp³-hybridized carbons (Fsp3) is 0.588. The van der Waals surface area contributed by atoms with Gasteiger partial charge < -0.3 is 0 Å². The van der Waals surface area contributed by atoms with Gasteiger partial charge in [-0.25, -0.2) is 0 Å². The van der Waals surface area contributed by atoms with Crippen molar-refractivity contribution < 1.29 is 4.79 Å². The molecule has 19 heavy (non-hydrogen) atoms. The minimum absolute atomic E-state index is 0.286. The highest BCUT2D eigenvalue weighted by Gasteiger charge is 2.29. The number of nitrogens with zero attached hydrogens (tertiary/aromatic N) is 1. The second-order valence-corrected chi connectivity index (χ2v) is 6.30. The van der Waals surface area contributed by atoms with Gasteiger partial charge in [-0.1, -0.05) is 31.2 Å². The molecule has 2 aliphatic rings. The molecule has 1 aromatic carbocycles.